The van der Waals surface area contributed by atoms with Gasteiger partial charge < -0.3 is 4.57 Å². The Bertz CT molecular complexity index is 3020. The molecule has 61 heavy (non-hydrogen) atoms. The standard InChI is InChI=1S/C48H27F9N4/c49-46(50,51)32-18-15-28(16-19-32)38-27-34(21-23-37(38)45-59-43(29-9-3-1-4-10-29)58-44(60-45)30-11-5-2-6-12-30)61-41-14-8-7-13-36(41)39-25-31(17-24-42(39)61)35-22-20-33(47(52,53)54)26-40(35)48(55,56)57/h1-27H. The van der Waals surface area contributed by atoms with Crippen molar-refractivity contribution in [2.24, 2.45) is 0 Å². The molecule has 0 aliphatic carbocycles. The zero-order chi connectivity index (χ0) is 42.7. The molecule has 4 nitrogen and oxygen atoms in total. The van der Waals surface area contributed by atoms with Crippen LogP contribution < -0.4 is 0 Å². The third-order valence-electron chi connectivity index (χ3n) is 10.4. The molecule has 0 unspecified atom stereocenters. The molecule has 9 aromatic rings. The van der Waals surface area contributed by atoms with Crippen LogP contribution in [0.3, 0.4) is 0 Å². The highest BCUT2D eigenvalue weighted by Crippen LogP contribution is 2.44. The monoisotopic (exact) mass is 830 g/mol. The van der Waals surface area contributed by atoms with Gasteiger partial charge in [-0.2, -0.15) is 39.5 Å². The lowest BCUT2D eigenvalue weighted by Crippen LogP contribution is -2.12. The Balaban J connectivity index is 1.26. The highest BCUT2D eigenvalue weighted by molar-refractivity contribution is 6.10. The van der Waals surface area contributed by atoms with Crippen LogP contribution in [0.2, 0.25) is 0 Å². The van der Waals surface area contributed by atoms with Crippen LogP contribution in [0.15, 0.2) is 164 Å². The van der Waals surface area contributed by atoms with E-state index in [1.54, 1.807) is 42.5 Å². The van der Waals surface area contributed by atoms with E-state index in [-0.39, 0.29) is 17.5 Å². The van der Waals surface area contributed by atoms with Crippen molar-refractivity contribution in [2.75, 3.05) is 0 Å². The van der Waals surface area contributed by atoms with Crippen LogP contribution in [-0.2, 0) is 18.5 Å². The molecule has 0 fully saturated rings. The molecular formula is C48H27F9N4. The largest absolute Gasteiger partial charge is 0.417 e. The fraction of sp³-hybridized carbons (Fsp3) is 0.0625. The summed E-state index contributed by atoms with van der Waals surface area (Å²) in [7, 11) is 0. The number of hydrogen-bond donors (Lipinski definition) is 0. The summed E-state index contributed by atoms with van der Waals surface area (Å²) in [6, 6.07) is 41.7. The van der Waals surface area contributed by atoms with Gasteiger partial charge in [0.05, 0.1) is 27.7 Å². The number of alkyl halides is 9. The van der Waals surface area contributed by atoms with Crippen molar-refractivity contribution in [3.63, 3.8) is 0 Å². The van der Waals surface area contributed by atoms with Crippen molar-refractivity contribution < 1.29 is 39.5 Å². The van der Waals surface area contributed by atoms with Gasteiger partial charge in [-0.05, 0) is 82.9 Å². The van der Waals surface area contributed by atoms with Crippen LogP contribution in [0.4, 0.5) is 39.5 Å². The SMILES string of the molecule is FC(F)(F)c1ccc(-c2cc(-n3c4ccccc4c4cc(-c5ccc(C(F)(F)F)cc5C(F)(F)F)ccc43)ccc2-c2nc(-c3ccccc3)nc(-c3ccccc3)n2)cc1. The molecule has 0 spiro atoms. The topological polar surface area (TPSA) is 43.6 Å². The second-order valence-corrected chi connectivity index (χ2v) is 14.2. The summed E-state index contributed by atoms with van der Waals surface area (Å²) in [6.45, 7) is 0. The number of fused-ring (bicyclic) bond motifs is 3. The van der Waals surface area contributed by atoms with Crippen molar-refractivity contribution in [1.82, 2.24) is 19.5 Å². The second kappa shape index (κ2) is 14.8. The molecule has 302 valence electrons. The van der Waals surface area contributed by atoms with Gasteiger partial charge in [0.2, 0.25) is 0 Å². The molecule has 0 atom stereocenters. The van der Waals surface area contributed by atoms with E-state index in [1.165, 1.54) is 24.3 Å². The summed E-state index contributed by atoms with van der Waals surface area (Å²) in [5.41, 5.74) is 0.460. The summed E-state index contributed by atoms with van der Waals surface area (Å²) in [5.74, 6) is 0.983. The molecule has 0 aliphatic heterocycles. The van der Waals surface area contributed by atoms with Gasteiger partial charge >= 0.3 is 18.5 Å². The molecule has 0 N–H and O–H groups in total. The minimum Gasteiger partial charge on any atom is -0.309 e. The molecule has 9 rings (SSSR count). The van der Waals surface area contributed by atoms with E-state index in [9.17, 15) is 39.5 Å². The smallest absolute Gasteiger partial charge is 0.309 e. The van der Waals surface area contributed by atoms with E-state index in [2.05, 4.69) is 0 Å². The van der Waals surface area contributed by atoms with Crippen molar-refractivity contribution in [3.05, 3.63) is 180 Å². The second-order valence-electron chi connectivity index (χ2n) is 14.2. The Kier molecular flexibility index (Phi) is 9.49. The first-order valence-corrected chi connectivity index (χ1v) is 18.6. The van der Waals surface area contributed by atoms with Crippen LogP contribution in [0.5, 0.6) is 0 Å². The lowest BCUT2D eigenvalue weighted by atomic mass is 9.95. The van der Waals surface area contributed by atoms with Crippen LogP contribution >= 0.6 is 0 Å². The summed E-state index contributed by atoms with van der Waals surface area (Å²) in [6.07, 6.45) is -14.7. The molecule has 0 saturated heterocycles. The molecule has 2 heterocycles. The van der Waals surface area contributed by atoms with Crippen molar-refractivity contribution in [1.29, 1.82) is 0 Å². The summed E-state index contributed by atoms with van der Waals surface area (Å²) in [4.78, 5) is 14.5. The van der Waals surface area contributed by atoms with Crippen LogP contribution in [0.1, 0.15) is 16.7 Å². The predicted molar refractivity (Wildman–Crippen MR) is 216 cm³/mol. The Hall–Kier alpha value is -7.28. The molecule has 2 aromatic heterocycles. The fourth-order valence-electron chi connectivity index (χ4n) is 7.50. The fourth-order valence-corrected chi connectivity index (χ4v) is 7.50. The first-order chi connectivity index (χ1) is 29.1. The van der Waals surface area contributed by atoms with Crippen LogP contribution in [0.25, 0.3) is 83.9 Å². The first kappa shape index (κ1) is 39.2. The Morgan fingerprint density at radius 1 is 0.344 bits per heavy atom. The maximum atomic E-state index is 14.3. The minimum atomic E-state index is -5.09. The molecule has 13 heteroatoms. The van der Waals surface area contributed by atoms with E-state index < -0.39 is 40.8 Å². The third kappa shape index (κ3) is 7.47. The maximum Gasteiger partial charge on any atom is 0.417 e. The van der Waals surface area contributed by atoms with E-state index in [1.807, 2.05) is 71.3 Å². The quantitative estimate of drug-likeness (QED) is 0.157. The Morgan fingerprint density at radius 3 is 1.48 bits per heavy atom. The average Bonchev–Trinajstić information content (AvgIpc) is 3.59. The number of benzene rings is 7. The van der Waals surface area contributed by atoms with E-state index in [0.29, 0.717) is 73.0 Å². The molecule has 0 saturated carbocycles. The van der Waals surface area contributed by atoms with Gasteiger partial charge in [0, 0.05) is 33.2 Å². The Labute approximate surface area is 341 Å². The number of para-hydroxylation sites is 1. The molecule has 0 bridgehead atoms. The van der Waals surface area contributed by atoms with Crippen molar-refractivity contribution >= 4 is 21.8 Å². The molecule has 0 amide bonds. The number of rotatable bonds is 6. The zero-order valence-corrected chi connectivity index (χ0v) is 31.3. The molecular weight excluding hydrogens is 804 g/mol. The van der Waals surface area contributed by atoms with E-state index in [4.69, 9.17) is 15.0 Å². The van der Waals surface area contributed by atoms with E-state index >= 15 is 0 Å². The highest BCUT2D eigenvalue weighted by Gasteiger charge is 2.38. The molecule has 7 aromatic carbocycles. The summed E-state index contributed by atoms with van der Waals surface area (Å²) in [5, 5.41) is 1.15. The van der Waals surface area contributed by atoms with Gasteiger partial charge in [-0.1, -0.05) is 103 Å². The third-order valence-corrected chi connectivity index (χ3v) is 10.4. The van der Waals surface area contributed by atoms with Crippen molar-refractivity contribution in [2.45, 2.75) is 18.5 Å². The van der Waals surface area contributed by atoms with Crippen LogP contribution in [-0.4, -0.2) is 19.5 Å². The predicted octanol–water partition coefficient (Wildman–Crippen LogP) is 14.4. The van der Waals surface area contributed by atoms with Crippen LogP contribution in [0, 0.1) is 0 Å². The summed E-state index contributed by atoms with van der Waals surface area (Å²) >= 11 is 0. The van der Waals surface area contributed by atoms with Gasteiger partial charge in [-0.15, -0.1) is 0 Å². The maximum absolute atomic E-state index is 14.3. The van der Waals surface area contributed by atoms with Gasteiger partial charge in [-0.3, -0.25) is 0 Å². The Morgan fingerprint density at radius 2 is 0.869 bits per heavy atom. The number of hydrogen-bond acceptors (Lipinski definition) is 3. The lowest BCUT2D eigenvalue weighted by Gasteiger charge is -2.17. The zero-order valence-electron chi connectivity index (χ0n) is 31.3. The highest BCUT2D eigenvalue weighted by atomic mass is 19.4. The van der Waals surface area contributed by atoms with Crippen molar-refractivity contribution in [3.8, 4) is 62.1 Å². The van der Waals surface area contributed by atoms with Gasteiger partial charge in [0.15, 0.2) is 17.5 Å². The number of halogens is 9. The minimum absolute atomic E-state index is 0.0514. The van der Waals surface area contributed by atoms with Gasteiger partial charge in [0.1, 0.15) is 0 Å². The first-order valence-electron chi connectivity index (χ1n) is 18.6. The van der Waals surface area contributed by atoms with E-state index in [0.717, 1.165) is 18.2 Å². The normalized spacial score (nSPS) is 12.3. The van der Waals surface area contributed by atoms with Gasteiger partial charge in [-0.25, -0.2) is 15.0 Å². The van der Waals surface area contributed by atoms with Gasteiger partial charge in [0.25, 0.3) is 0 Å². The average molecular weight is 831 g/mol. The summed E-state index contributed by atoms with van der Waals surface area (Å²) < 4.78 is 127. The number of nitrogens with zero attached hydrogens (tertiary/aromatic N) is 4. The molecule has 0 aliphatic rings. The lowest BCUT2D eigenvalue weighted by molar-refractivity contribution is -0.143. The number of aromatic nitrogens is 4. The molecule has 0 radical (unpaired) electrons.